The lowest BCUT2D eigenvalue weighted by molar-refractivity contribution is -0.129. The van der Waals surface area contributed by atoms with Gasteiger partial charge in [-0.2, -0.15) is 0 Å². The first kappa shape index (κ1) is 22.2. The van der Waals surface area contributed by atoms with E-state index in [4.69, 9.17) is 9.26 Å². The molecule has 2 saturated carbocycles. The molecular weight excluding hydrogens is 416 g/mol. The van der Waals surface area contributed by atoms with Gasteiger partial charge in [0.05, 0.1) is 11.7 Å². The fraction of sp³-hybridized carbons (Fsp3) is 0.593. The smallest absolute Gasteiger partial charge is 0.416 e. The molecule has 0 spiro atoms. The van der Waals surface area contributed by atoms with Gasteiger partial charge in [-0.3, -0.25) is 4.79 Å². The molecule has 0 N–H and O–H groups in total. The van der Waals surface area contributed by atoms with Crippen LogP contribution in [0.4, 0.5) is 4.79 Å². The van der Waals surface area contributed by atoms with Crippen molar-refractivity contribution in [2.24, 2.45) is 11.8 Å². The minimum absolute atomic E-state index is 0.189. The lowest BCUT2D eigenvalue weighted by atomic mass is 9.69. The summed E-state index contributed by atoms with van der Waals surface area (Å²) in [6.45, 7) is 4.82. The SMILES string of the molecule is CC(C)C[C@H]1C[C@@H](c2onc(CCC(=O)N3C(=O)OC[C@@H]3Cc3ccccc3)c2C2CC2)C1. The lowest BCUT2D eigenvalue weighted by Gasteiger charge is -2.35. The van der Waals surface area contributed by atoms with E-state index in [1.807, 2.05) is 30.3 Å². The molecule has 1 aromatic carbocycles. The number of cyclic esters (lactones) is 1. The number of imide groups is 1. The molecule has 1 aliphatic heterocycles. The maximum atomic E-state index is 13.0. The highest BCUT2D eigenvalue weighted by Gasteiger charge is 2.41. The molecule has 3 fully saturated rings. The van der Waals surface area contributed by atoms with Gasteiger partial charge in [-0.05, 0) is 61.8 Å². The number of benzene rings is 1. The van der Waals surface area contributed by atoms with E-state index in [-0.39, 0.29) is 25.0 Å². The van der Waals surface area contributed by atoms with Crippen molar-refractivity contribution in [3.63, 3.8) is 0 Å². The van der Waals surface area contributed by atoms with Crippen LogP contribution < -0.4 is 0 Å². The maximum Gasteiger partial charge on any atom is 0.416 e. The number of carbonyl (C=O) groups is 2. The third-order valence-electron chi connectivity index (χ3n) is 7.35. The van der Waals surface area contributed by atoms with E-state index in [1.165, 1.54) is 42.6 Å². The summed E-state index contributed by atoms with van der Waals surface area (Å²) in [5.41, 5.74) is 3.27. The molecule has 2 amide bonds. The fourth-order valence-corrected chi connectivity index (χ4v) is 5.59. The molecule has 5 rings (SSSR count). The highest BCUT2D eigenvalue weighted by atomic mass is 16.6. The molecule has 1 atom stereocenters. The summed E-state index contributed by atoms with van der Waals surface area (Å²) < 4.78 is 11.1. The Morgan fingerprint density at radius 2 is 1.91 bits per heavy atom. The third kappa shape index (κ3) is 4.85. The molecule has 3 aliphatic rings. The van der Waals surface area contributed by atoms with E-state index in [9.17, 15) is 9.59 Å². The van der Waals surface area contributed by atoms with Gasteiger partial charge in [-0.15, -0.1) is 0 Å². The average molecular weight is 451 g/mol. The van der Waals surface area contributed by atoms with Crippen LogP contribution >= 0.6 is 0 Å². The van der Waals surface area contributed by atoms with Crippen LogP contribution in [0.2, 0.25) is 0 Å². The zero-order valence-electron chi connectivity index (χ0n) is 19.7. The number of hydrogen-bond acceptors (Lipinski definition) is 5. The van der Waals surface area contributed by atoms with Crippen molar-refractivity contribution in [2.45, 2.75) is 83.1 Å². The van der Waals surface area contributed by atoms with Crippen molar-refractivity contribution in [1.82, 2.24) is 10.1 Å². The van der Waals surface area contributed by atoms with Crippen LogP contribution in [0.5, 0.6) is 0 Å². The summed E-state index contributed by atoms with van der Waals surface area (Å²) in [4.78, 5) is 26.7. The number of rotatable bonds is 9. The van der Waals surface area contributed by atoms with Gasteiger partial charge >= 0.3 is 6.09 Å². The number of hydrogen-bond donors (Lipinski definition) is 0. The molecule has 2 aromatic rings. The van der Waals surface area contributed by atoms with E-state index in [1.54, 1.807) is 0 Å². The molecule has 0 bridgehead atoms. The van der Waals surface area contributed by atoms with Crippen LogP contribution in [0.25, 0.3) is 0 Å². The summed E-state index contributed by atoms with van der Waals surface area (Å²) in [6.07, 6.45) is 6.84. The maximum absolute atomic E-state index is 13.0. The van der Waals surface area contributed by atoms with Crippen LogP contribution in [0.15, 0.2) is 34.9 Å². The Labute approximate surface area is 195 Å². The van der Waals surface area contributed by atoms with Gasteiger partial charge in [0, 0.05) is 24.3 Å². The molecule has 6 heteroatoms. The largest absolute Gasteiger partial charge is 0.447 e. The van der Waals surface area contributed by atoms with E-state index >= 15 is 0 Å². The van der Waals surface area contributed by atoms with Gasteiger partial charge in [0.15, 0.2) is 0 Å². The topological polar surface area (TPSA) is 72.6 Å². The van der Waals surface area contributed by atoms with E-state index < -0.39 is 6.09 Å². The fourth-order valence-electron chi connectivity index (χ4n) is 5.59. The highest BCUT2D eigenvalue weighted by molar-refractivity contribution is 5.93. The van der Waals surface area contributed by atoms with Crippen LogP contribution in [0.3, 0.4) is 0 Å². The quantitative estimate of drug-likeness (QED) is 0.496. The monoisotopic (exact) mass is 450 g/mol. The first-order valence-electron chi connectivity index (χ1n) is 12.5. The third-order valence-corrected chi connectivity index (χ3v) is 7.35. The van der Waals surface area contributed by atoms with Crippen molar-refractivity contribution < 1.29 is 18.8 Å². The Morgan fingerprint density at radius 3 is 2.61 bits per heavy atom. The van der Waals surface area contributed by atoms with E-state index in [0.29, 0.717) is 24.7 Å². The van der Waals surface area contributed by atoms with E-state index in [2.05, 4.69) is 19.0 Å². The molecule has 33 heavy (non-hydrogen) atoms. The molecule has 1 saturated heterocycles. The van der Waals surface area contributed by atoms with Crippen LogP contribution in [-0.4, -0.2) is 34.7 Å². The van der Waals surface area contributed by atoms with Crippen molar-refractivity contribution in [1.29, 1.82) is 0 Å². The molecule has 2 aliphatic carbocycles. The van der Waals surface area contributed by atoms with Gasteiger partial charge in [0.2, 0.25) is 5.91 Å². The average Bonchev–Trinajstić information content (AvgIpc) is 3.42. The Balaban J connectivity index is 1.22. The summed E-state index contributed by atoms with van der Waals surface area (Å²) in [7, 11) is 0. The second-order valence-corrected chi connectivity index (χ2v) is 10.5. The second-order valence-electron chi connectivity index (χ2n) is 10.5. The first-order chi connectivity index (χ1) is 16.0. The Morgan fingerprint density at radius 1 is 1.15 bits per heavy atom. The molecule has 0 radical (unpaired) electrons. The first-order valence-corrected chi connectivity index (χ1v) is 12.5. The Hall–Kier alpha value is -2.63. The van der Waals surface area contributed by atoms with Crippen molar-refractivity contribution in [3.8, 4) is 0 Å². The summed E-state index contributed by atoms with van der Waals surface area (Å²) in [6, 6.07) is 9.66. The number of amides is 2. The highest BCUT2D eigenvalue weighted by Crippen LogP contribution is 2.51. The van der Waals surface area contributed by atoms with Gasteiger partial charge in [0.25, 0.3) is 0 Å². The minimum Gasteiger partial charge on any atom is -0.447 e. The summed E-state index contributed by atoms with van der Waals surface area (Å²) in [5, 5.41) is 4.41. The normalized spacial score (nSPS) is 24.8. The second kappa shape index (κ2) is 9.32. The zero-order chi connectivity index (χ0) is 22.9. The van der Waals surface area contributed by atoms with Gasteiger partial charge in [-0.25, -0.2) is 9.69 Å². The van der Waals surface area contributed by atoms with Gasteiger partial charge in [0.1, 0.15) is 12.4 Å². The van der Waals surface area contributed by atoms with Gasteiger partial charge < -0.3 is 9.26 Å². The lowest BCUT2D eigenvalue weighted by Crippen LogP contribution is -2.40. The number of aryl methyl sites for hydroxylation is 1. The molecule has 2 heterocycles. The number of nitrogens with zero attached hydrogens (tertiary/aromatic N) is 2. The molecule has 1 aromatic heterocycles. The standard InChI is InChI=1S/C27H34N2O4/c1-17(2)12-19-13-21(14-19)26-25(20-8-9-20)23(28-33-26)10-11-24(30)29-22(16-32-27(29)31)15-18-6-4-3-5-7-18/h3-7,17,19-22H,8-16H2,1-2H3/t19-,21+,22-/m0/s1. The predicted molar refractivity (Wildman–Crippen MR) is 124 cm³/mol. The minimum atomic E-state index is -0.533. The molecule has 0 unspecified atom stereocenters. The van der Waals surface area contributed by atoms with Crippen LogP contribution in [0.1, 0.15) is 86.8 Å². The zero-order valence-corrected chi connectivity index (χ0v) is 19.7. The van der Waals surface area contributed by atoms with Crippen molar-refractivity contribution in [2.75, 3.05) is 6.61 Å². The molecular formula is C27H34N2O4. The number of aromatic nitrogens is 1. The van der Waals surface area contributed by atoms with E-state index in [0.717, 1.165) is 28.9 Å². The van der Waals surface area contributed by atoms with Crippen LogP contribution in [-0.2, 0) is 22.4 Å². The summed E-state index contributed by atoms with van der Waals surface area (Å²) in [5.74, 6) is 3.42. The molecule has 176 valence electrons. The number of ether oxygens (including phenoxy) is 1. The van der Waals surface area contributed by atoms with Crippen molar-refractivity contribution in [3.05, 3.63) is 52.9 Å². The van der Waals surface area contributed by atoms with Crippen molar-refractivity contribution >= 4 is 12.0 Å². The Bertz CT molecular complexity index is 989. The van der Waals surface area contributed by atoms with Crippen LogP contribution in [0, 0.1) is 11.8 Å². The molecule has 6 nitrogen and oxygen atoms in total. The van der Waals surface area contributed by atoms with Gasteiger partial charge in [-0.1, -0.05) is 49.3 Å². The Kier molecular flexibility index (Phi) is 6.26. The number of carbonyl (C=O) groups excluding carboxylic acids is 2. The summed E-state index contributed by atoms with van der Waals surface area (Å²) >= 11 is 0. The predicted octanol–water partition coefficient (Wildman–Crippen LogP) is 5.61.